The number of nitrogens with zero attached hydrogens (tertiary/aromatic N) is 4. The molecule has 0 bridgehead atoms. The van der Waals surface area contributed by atoms with Crippen molar-refractivity contribution < 1.29 is 0 Å². The molecule has 0 N–H and O–H groups in total. The smallest absolute Gasteiger partial charge is 0.164 e. The van der Waals surface area contributed by atoms with Gasteiger partial charge in [0, 0.05) is 58.9 Å². The summed E-state index contributed by atoms with van der Waals surface area (Å²) in [6.45, 7) is 0. The summed E-state index contributed by atoms with van der Waals surface area (Å²) in [6, 6.07) is 86.4. The van der Waals surface area contributed by atoms with Gasteiger partial charge in [-0.15, -0.1) is 11.3 Å². The first-order valence-corrected chi connectivity index (χ1v) is 23.7. The van der Waals surface area contributed by atoms with Gasteiger partial charge in [-0.2, -0.15) is 0 Å². The van der Waals surface area contributed by atoms with Crippen LogP contribution >= 0.6 is 11.3 Å². The molecule has 13 rings (SSSR count). The second-order valence-electron chi connectivity index (χ2n) is 17.1. The van der Waals surface area contributed by atoms with Gasteiger partial charge in [0.2, 0.25) is 0 Å². The average molecular weight is 885 g/mol. The first kappa shape index (κ1) is 39.6. The van der Waals surface area contributed by atoms with Crippen molar-refractivity contribution in [3.05, 3.63) is 243 Å². The van der Waals surface area contributed by atoms with Crippen molar-refractivity contribution in [3.8, 4) is 84.4 Å². The van der Waals surface area contributed by atoms with E-state index in [4.69, 9.17) is 15.0 Å². The van der Waals surface area contributed by atoms with Gasteiger partial charge in [-0.3, -0.25) is 0 Å². The molecule has 10 aromatic carbocycles. The predicted molar refractivity (Wildman–Crippen MR) is 285 cm³/mol. The molecule has 68 heavy (non-hydrogen) atoms. The van der Waals surface area contributed by atoms with Crippen LogP contribution in [0.15, 0.2) is 243 Å². The summed E-state index contributed by atoms with van der Waals surface area (Å²) in [5, 5.41) is 4.94. The van der Waals surface area contributed by atoms with E-state index < -0.39 is 0 Å². The minimum atomic E-state index is 0.611. The topological polar surface area (TPSA) is 43.6 Å². The van der Waals surface area contributed by atoms with E-state index in [9.17, 15) is 0 Å². The quantitative estimate of drug-likeness (QED) is 0.153. The van der Waals surface area contributed by atoms with E-state index >= 15 is 0 Å². The molecular formula is C63H40N4S. The monoisotopic (exact) mass is 884 g/mol. The third-order valence-electron chi connectivity index (χ3n) is 13.1. The predicted octanol–water partition coefficient (Wildman–Crippen LogP) is 17.0. The fraction of sp³-hybridized carbons (Fsp3) is 0. The van der Waals surface area contributed by atoms with Crippen molar-refractivity contribution in [2.75, 3.05) is 0 Å². The van der Waals surface area contributed by atoms with Crippen LogP contribution in [0.3, 0.4) is 0 Å². The molecule has 0 unspecified atom stereocenters. The number of thiophene rings is 1. The van der Waals surface area contributed by atoms with E-state index in [0.29, 0.717) is 17.5 Å². The maximum Gasteiger partial charge on any atom is 0.164 e. The van der Waals surface area contributed by atoms with Gasteiger partial charge in [0.25, 0.3) is 0 Å². The molecule has 0 aliphatic rings. The molecule has 3 heterocycles. The van der Waals surface area contributed by atoms with Gasteiger partial charge in [-0.05, 0) is 75.3 Å². The van der Waals surface area contributed by atoms with Crippen molar-refractivity contribution in [2.45, 2.75) is 0 Å². The molecule has 0 saturated heterocycles. The van der Waals surface area contributed by atoms with Crippen LogP contribution in [0.1, 0.15) is 0 Å². The van der Waals surface area contributed by atoms with Gasteiger partial charge in [-0.25, -0.2) is 15.0 Å². The van der Waals surface area contributed by atoms with Gasteiger partial charge >= 0.3 is 0 Å². The summed E-state index contributed by atoms with van der Waals surface area (Å²) < 4.78 is 4.87. The fourth-order valence-electron chi connectivity index (χ4n) is 9.96. The van der Waals surface area contributed by atoms with Crippen molar-refractivity contribution in [2.24, 2.45) is 0 Å². The third-order valence-corrected chi connectivity index (χ3v) is 14.3. The highest BCUT2D eigenvalue weighted by Gasteiger charge is 2.23. The van der Waals surface area contributed by atoms with Crippen LogP contribution in [0.5, 0.6) is 0 Å². The molecule has 0 radical (unpaired) electrons. The van der Waals surface area contributed by atoms with Crippen molar-refractivity contribution in [1.29, 1.82) is 0 Å². The second-order valence-corrected chi connectivity index (χ2v) is 18.1. The van der Waals surface area contributed by atoms with Crippen LogP contribution < -0.4 is 0 Å². The molecule has 3 aromatic heterocycles. The van der Waals surface area contributed by atoms with Gasteiger partial charge in [0.15, 0.2) is 17.5 Å². The van der Waals surface area contributed by atoms with Gasteiger partial charge < -0.3 is 4.57 Å². The lowest BCUT2D eigenvalue weighted by molar-refractivity contribution is 1.07. The van der Waals surface area contributed by atoms with Crippen LogP contribution in [0.25, 0.3) is 126 Å². The van der Waals surface area contributed by atoms with E-state index in [-0.39, 0.29) is 0 Å². The standard InChI is InChI=1S/C63H40N4S/c1-6-20-41(21-7-1)47-31-18-32-48(42-22-8-2-9-23-42)59(47)45-36-37-49(55(38-45)63-65-61(43-24-10-3-11-25-43)64-62(66-63)44-26-12-4-13-27-44)51-33-19-34-52-54-39-57-53(40-58(54)68-60(51)52)50-30-16-17-35-56(50)67(57)46-28-14-5-15-29-46/h1-40H. The Balaban J connectivity index is 1.10. The van der Waals surface area contributed by atoms with Crippen LogP contribution in [0.4, 0.5) is 0 Å². The molecule has 0 amide bonds. The van der Waals surface area contributed by atoms with Crippen molar-refractivity contribution >= 4 is 53.3 Å². The Kier molecular flexibility index (Phi) is 9.66. The Labute approximate surface area is 397 Å². The van der Waals surface area contributed by atoms with E-state index in [1.54, 1.807) is 0 Å². The van der Waals surface area contributed by atoms with E-state index in [1.807, 2.05) is 47.7 Å². The number of para-hydroxylation sites is 2. The lowest BCUT2D eigenvalue weighted by Gasteiger charge is -2.19. The third kappa shape index (κ3) is 6.79. The first-order valence-electron chi connectivity index (χ1n) is 22.9. The summed E-state index contributed by atoms with van der Waals surface area (Å²) in [6.07, 6.45) is 0. The minimum Gasteiger partial charge on any atom is -0.309 e. The van der Waals surface area contributed by atoms with Gasteiger partial charge in [0.1, 0.15) is 0 Å². The molecule has 0 saturated carbocycles. The fourth-order valence-corrected chi connectivity index (χ4v) is 11.2. The maximum atomic E-state index is 5.38. The Hall–Kier alpha value is -8.77. The molecule has 0 fully saturated rings. The number of rotatable bonds is 8. The van der Waals surface area contributed by atoms with E-state index in [0.717, 1.165) is 66.9 Å². The molecule has 0 spiro atoms. The van der Waals surface area contributed by atoms with E-state index in [2.05, 4.69) is 211 Å². The molecular weight excluding hydrogens is 845 g/mol. The Morgan fingerprint density at radius 2 is 0.809 bits per heavy atom. The summed E-state index contributed by atoms with van der Waals surface area (Å²) in [5.41, 5.74) is 15.3. The van der Waals surface area contributed by atoms with Gasteiger partial charge in [0.05, 0.1) is 11.0 Å². The molecule has 0 aliphatic carbocycles. The lowest BCUT2D eigenvalue weighted by Crippen LogP contribution is -2.01. The minimum absolute atomic E-state index is 0.611. The largest absolute Gasteiger partial charge is 0.309 e. The highest BCUT2D eigenvalue weighted by molar-refractivity contribution is 7.26. The molecule has 0 aliphatic heterocycles. The molecule has 5 heteroatoms. The number of hydrogen-bond acceptors (Lipinski definition) is 4. The number of hydrogen-bond donors (Lipinski definition) is 0. The van der Waals surface area contributed by atoms with Crippen LogP contribution in [-0.4, -0.2) is 19.5 Å². The van der Waals surface area contributed by atoms with Crippen LogP contribution in [-0.2, 0) is 0 Å². The highest BCUT2D eigenvalue weighted by atomic mass is 32.1. The molecule has 318 valence electrons. The number of benzene rings is 10. The molecule has 4 nitrogen and oxygen atoms in total. The SMILES string of the molecule is c1ccc(-c2nc(-c3ccccc3)nc(-c3cc(-c4c(-c5ccccc5)cccc4-c4ccccc4)ccc3-c3cccc4c3sc3cc5c6ccccc6n(-c6ccccc6)c5cc34)n2)cc1. The highest BCUT2D eigenvalue weighted by Crippen LogP contribution is 2.48. The first-order chi connectivity index (χ1) is 33.7. The molecule has 13 aromatic rings. The zero-order chi connectivity index (χ0) is 45.0. The van der Waals surface area contributed by atoms with Gasteiger partial charge in [-0.1, -0.05) is 206 Å². The summed E-state index contributed by atoms with van der Waals surface area (Å²) in [7, 11) is 0. The Morgan fingerprint density at radius 1 is 0.294 bits per heavy atom. The second kappa shape index (κ2) is 16.6. The zero-order valence-corrected chi connectivity index (χ0v) is 37.6. The van der Waals surface area contributed by atoms with E-state index in [1.165, 1.54) is 42.0 Å². The van der Waals surface area contributed by atoms with Crippen LogP contribution in [0.2, 0.25) is 0 Å². The summed E-state index contributed by atoms with van der Waals surface area (Å²) >= 11 is 1.85. The summed E-state index contributed by atoms with van der Waals surface area (Å²) in [4.78, 5) is 15.9. The summed E-state index contributed by atoms with van der Waals surface area (Å²) in [5.74, 6) is 1.86. The van der Waals surface area contributed by atoms with Crippen molar-refractivity contribution in [1.82, 2.24) is 19.5 Å². The normalized spacial score (nSPS) is 11.5. The number of aromatic nitrogens is 4. The Bertz CT molecular complexity index is 3880. The van der Waals surface area contributed by atoms with Crippen molar-refractivity contribution in [3.63, 3.8) is 0 Å². The number of fused-ring (bicyclic) bond motifs is 6. The lowest BCUT2D eigenvalue weighted by atomic mass is 9.85. The molecule has 0 atom stereocenters. The maximum absolute atomic E-state index is 5.38. The zero-order valence-electron chi connectivity index (χ0n) is 36.8. The average Bonchev–Trinajstić information content (AvgIpc) is 3.95. The Morgan fingerprint density at radius 3 is 1.44 bits per heavy atom. The van der Waals surface area contributed by atoms with Crippen LogP contribution in [0, 0.1) is 0 Å².